The molecule has 92 valence electrons. The Labute approximate surface area is 104 Å². The molecule has 17 heavy (non-hydrogen) atoms. The van der Waals surface area contributed by atoms with Gasteiger partial charge in [-0.15, -0.1) is 0 Å². The van der Waals surface area contributed by atoms with Crippen molar-refractivity contribution in [3.8, 4) is 0 Å². The SMILES string of the molecule is O=C(O)c1cccc(CSCC2CCCO2)n1. The Hall–Kier alpha value is -1.07. The summed E-state index contributed by atoms with van der Waals surface area (Å²) in [4.78, 5) is 14.8. The third-order valence-electron chi connectivity index (χ3n) is 2.60. The Morgan fingerprint density at radius 2 is 2.47 bits per heavy atom. The number of nitrogens with zero attached hydrogens (tertiary/aromatic N) is 1. The van der Waals surface area contributed by atoms with E-state index in [0.29, 0.717) is 6.10 Å². The molecule has 1 unspecified atom stereocenters. The van der Waals surface area contributed by atoms with E-state index in [9.17, 15) is 4.79 Å². The van der Waals surface area contributed by atoms with Crippen LogP contribution in [0.2, 0.25) is 0 Å². The molecule has 4 nitrogen and oxygen atoms in total. The van der Waals surface area contributed by atoms with Crippen LogP contribution in [0, 0.1) is 0 Å². The van der Waals surface area contributed by atoms with Crippen LogP contribution < -0.4 is 0 Å². The van der Waals surface area contributed by atoms with Crippen LogP contribution in [0.5, 0.6) is 0 Å². The van der Waals surface area contributed by atoms with Crippen LogP contribution in [0.25, 0.3) is 0 Å². The van der Waals surface area contributed by atoms with Gasteiger partial charge < -0.3 is 9.84 Å². The van der Waals surface area contributed by atoms with E-state index in [0.717, 1.165) is 36.6 Å². The van der Waals surface area contributed by atoms with Crippen LogP contribution in [0.15, 0.2) is 18.2 Å². The highest BCUT2D eigenvalue weighted by molar-refractivity contribution is 7.98. The molecule has 1 aliphatic heterocycles. The number of carboxylic acids is 1. The van der Waals surface area contributed by atoms with Gasteiger partial charge in [-0.05, 0) is 25.0 Å². The molecule has 0 bridgehead atoms. The number of ether oxygens (including phenoxy) is 1. The minimum absolute atomic E-state index is 0.111. The molecule has 5 heteroatoms. The number of carboxylic acid groups (broad SMARTS) is 1. The average Bonchev–Trinajstić information content (AvgIpc) is 2.82. The summed E-state index contributed by atoms with van der Waals surface area (Å²) in [7, 11) is 0. The number of aromatic nitrogens is 1. The third-order valence-corrected chi connectivity index (χ3v) is 3.71. The number of hydrogen-bond donors (Lipinski definition) is 1. The number of carbonyl (C=O) groups is 1. The Kier molecular flexibility index (Phi) is 4.39. The van der Waals surface area contributed by atoms with Crippen LogP contribution in [-0.2, 0) is 10.5 Å². The van der Waals surface area contributed by atoms with Crippen molar-refractivity contribution in [1.29, 1.82) is 0 Å². The Bertz CT molecular complexity index is 391. The minimum atomic E-state index is -0.976. The van der Waals surface area contributed by atoms with Gasteiger partial charge in [0.15, 0.2) is 0 Å². The molecule has 0 aromatic carbocycles. The first kappa shape index (κ1) is 12.4. The zero-order valence-electron chi connectivity index (χ0n) is 9.46. The molecule has 1 aliphatic rings. The lowest BCUT2D eigenvalue weighted by atomic mass is 10.3. The van der Waals surface area contributed by atoms with Crippen LogP contribution >= 0.6 is 11.8 Å². The van der Waals surface area contributed by atoms with E-state index in [1.807, 2.05) is 6.07 Å². The summed E-state index contributed by atoms with van der Waals surface area (Å²) < 4.78 is 5.52. The molecule has 1 atom stereocenters. The lowest BCUT2D eigenvalue weighted by Crippen LogP contribution is -2.08. The quantitative estimate of drug-likeness (QED) is 0.871. The second kappa shape index (κ2) is 6.02. The number of pyridine rings is 1. The summed E-state index contributed by atoms with van der Waals surface area (Å²) in [5.41, 5.74) is 0.924. The van der Waals surface area contributed by atoms with E-state index in [1.54, 1.807) is 17.8 Å². The van der Waals surface area contributed by atoms with Gasteiger partial charge in [0.05, 0.1) is 11.8 Å². The van der Waals surface area contributed by atoms with Crippen molar-refractivity contribution < 1.29 is 14.6 Å². The maximum Gasteiger partial charge on any atom is 0.354 e. The molecule has 1 saturated heterocycles. The molecule has 0 aliphatic carbocycles. The van der Waals surface area contributed by atoms with E-state index < -0.39 is 5.97 Å². The number of rotatable bonds is 5. The zero-order valence-corrected chi connectivity index (χ0v) is 10.3. The van der Waals surface area contributed by atoms with E-state index >= 15 is 0 Å². The highest BCUT2D eigenvalue weighted by Crippen LogP contribution is 2.19. The summed E-state index contributed by atoms with van der Waals surface area (Å²) in [6, 6.07) is 5.10. The van der Waals surface area contributed by atoms with Crippen LogP contribution in [0.3, 0.4) is 0 Å². The molecule has 0 spiro atoms. The molecule has 2 rings (SSSR count). The monoisotopic (exact) mass is 253 g/mol. The first-order chi connectivity index (χ1) is 8.25. The predicted octanol–water partition coefficient (Wildman–Crippen LogP) is 2.19. The second-order valence-corrected chi connectivity index (χ2v) is 5.00. The first-order valence-corrected chi connectivity index (χ1v) is 6.80. The van der Waals surface area contributed by atoms with Crippen LogP contribution in [-0.4, -0.2) is 34.5 Å². The largest absolute Gasteiger partial charge is 0.477 e. The van der Waals surface area contributed by atoms with Crippen molar-refractivity contribution in [2.24, 2.45) is 0 Å². The summed E-state index contributed by atoms with van der Waals surface area (Å²) in [5.74, 6) is 0.718. The summed E-state index contributed by atoms with van der Waals surface area (Å²) >= 11 is 1.74. The Balaban J connectivity index is 1.81. The van der Waals surface area contributed by atoms with E-state index in [1.165, 1.54) is 6.07 Å². The number of hydrogen-bond acceptors (Lipinski definition) is 4. The van der Waals surface area contributed by atoms with Gasteiger partial charge in [0.25, 0.3) is 0 Å². The van der Waals surface area contributed by atoms with Gasteiger partial charge in [-0.25, -0.2) is 9.78 Å². The smallest absolute Gasteiger partial charge is 0.354 e. The molecular formula is C12H15NO3S. The van der Waals surface area contributed by atoms with Crippen molar-refractivity contribution in [3.05, 3.63) is 29.6 Å². The lowest BCUT2D eigenvalue weighted by molar-refractivity contribution is 0.0690. The van der Waals surface area contributed by atoms with Crippen molar-refractivity contribution in [2.75, 3.05) is 12.4 Å². The number of thioether (sulfide) groups is 1. The minimum Gasteiger partial charge on any atom is -0.477 e. The van der Waals surface area contributed by atoms with Gasteiger partial charge in [-0.2, -0.15) is 11.8 Å². The molecule has 0 amide bonds. The standard InChI is InChI=1S/C12H15NO3S/c14-12(15)11-5-1-3-9(13-11)7-17-8-10-4-2-6-16-10/h1,3,5,10H,2,4,6-8H2,(H,14,15). The lowest BCUT2D eigenvalue weighted by Gasteiger charge is -2.08. The molecule has 2 heterocycles. The van der Waals surface area contributed by atoms with Crippen molar-refractivity contribution in [2.45, 2.75) is 24.7 Å². The highest BCUT2D eigenvalue weighted by atomic mass is 32.2. The average molecular weight is 253 g/mol. The molecule has 0 saturated carbocycles. The molecule has 1 aromatic heterocycles. The predicted molar refractivity (Wildman–Crippen MR) is 66.3 cm³/mol. The maximum atomic E-state index is 10.7. The second-order valence-electron chi connectivity index (χ2n) is 3.97. The summed E-state index contributed by atoms with van der Waals surface area (Å²) in [6.45, 7) is 0.873. The van der Waals surface area contributed by atoms with E-state index in [-0.39, 0.29) is 5.69 Å². The topological polar surface area (TPSA) is 59.4 Å². The molecular weight excluding hydrogens is 238 g/mol. The van der Waals surface area contributed by atoms with Gasteiger partial charge in [-0.1, -0.05) is 6.07 Å². The molecule has 1 aromatic rings. The van der Waals surface area contributed by atoms with Crippen LogP contribution in [0.4, 0.5) is 0 Å². The highest BCUT2D eigenvalue weighted by Gasteiger charge is 2.15. The van der Waals surface area contributed by atoms with Gasteiger partial charge in [0.1, 0.15) is 5.69 Å². The molecule has 0 radical (unpaired) electrons. The van der Waals surface area contributed by atoms with E-state index in [2.05, 4.69) is 4.98 Å². The molecule has 1 N–H and O–H groups in total. The van der Waals surface area contributed by atoms with Crippen molar-refractivity contribution in [3.63, 3.8) is 0 Å². The fraction of sp³-hybridized carbons (Fsp3) is 0.500. The Morgan fingerprint density at radius 1 is 1.59 bits per heavy atom. The van der Waals surface area contributed by atoms with E-state index in [4.69, 9.17) is 9.84 Å². The van der Waals surface area contributed by atoms with Gasteiger partial charge in [0.2, 0.25) is 0 Å². The fourth-order valence-electron chi connectivity index (χ4n) is 1.75. The van der Waals surface area contributed by atoms with Gasteiger partial charge in [0, 0.05) is 18.1 Å². The molecule has 1 fully saturated rings. The van der Waals surface area contributed by atoms with Gasteiger partial charge in [-0.3, -0.25) is 0 Å². The summed E-state index contributed by atoms with van der Waals surface area (Å²) in [5, 5.41) is 8.82. The Morgan fingerprint density at radius 3 is 3.18 bits per heavy atom. The third kappa shape index (κ3) is 3.71. The first-order valence-electron chi connectivity index (χ1n) is 5.64. The van der Waals surface area contributed by atoms with Crippen LogP contribution in [0.1, 0.15) is 29.0 Å². The van der Waals surface area contributed by atoms with Crippen molar-refractivity contribution >= 4 is 17.7 Å². The fourth-order valence-corrected chi connectivity index (χ4v) is 2.76. The summed E-state index contributed by atoms with van der Waals surface area (Å²) in [6.07, 6.45) is 2.65. The van der Waals surface area contributed by atoms with Gasteiger partial charge >= 0.3 is 5.97 Å². The number of aromatic carboxylic acids is 1. The maximum absolute atomic E-state index is 10.7. The normalized spacial score (nSPS) is 19.4. The van der Waals surface area contributed by atoms with Crippen molar-refractivity contribution in [1.82, 2.24) is 4.98 Å². The zero-order chi connectivity index (χ0) is 12.1.